The van der Waals surface area contributed by atoms with E-state index in [4.69, 9.17) is 5.73 Å². The molecule has 0 unspecified atom stereocenters. The minimum atomic E-state index is -0.467. The zero-order chi connectivity index (χ0) is 14.1. The second-order valence-electron chi connectivity index (χ2n) is 4.11. The number of methoxy groups -OCH3 is 1. The van der Waals surface area contributed by atoms with Crippen molar-refractivity contribution < 1.29 is 9.53 Å². The molecule has 0 aliphatic rings. The second kappa shape index (κ2) is 4.61. The summed E-state index contributed by atoms with van der Waals surface area (Å²) in [5.74, 6) is 0.336. The van der Waals surface area contributed by atoms with Crippen LogP contribution in [0.2, 0.25) is 0 Å². The van der Waals surface area contributed by atoms with E-state index in [1.165, 1.54) is 17.7 Å². The largest absolute Gasteiger partial charge is 0.465 e. The smallest absolute Gasteiger partial charge is 0.338 e. The monoisotopic (exact) mass is 269 g/mol. The Morgan fingerprint density at radius 3 is 2.95 bits per heavy atom. The first-order valence-corrected chi connectivity index (χ1v) is 5.84. The van der Waals surface area contributed by atoms with E-state index in [0.29, 0.717) is 22.9 Å². The predicted molar refractivity (Wildman–Crippen MR) is 72.0 cm³/mol. The van der Waals surface area contributed by atoms with Gasteiger partial charge in [-0.05, 0) is 24.3 Å². The van der Waals surface area contributed by atoms with E-state index in [0.717, 1.165) is 5.56 Å². The van der Waals surface area contributed by atoms with Gasteiger partial charge in [-0.15, -0.1) is 5.10 Å². The highest BCUT2D eigenvalue weighted by molar-refractivity contribution is 5.91. The van der Waals surface area contributed by atoms with Gasteiger partial charge in [0.25, 0.3) is 0 Å². The van der Waals surface area contributed by atoms with Crippen molar-refractivity contribution in [3.63, 3.8) is 0 Å². The zero-order valence-corrected chi connectivity index (χ0v) is 10.6. The molecule has 0 amide bonds. The van der Waals surface area contributed by atoms with Crippen molar-refractivity contribution in [1.29, 1.82) is 0 Å². The van der Waals surface area contributed by atoms with Gasteiger partial charge in [-0.1, -0.05) is 0 Å². The maximum atomic E-state index is 11.5. The molecule has 3 aromatic heterocycles. The van der Waals surface area contributed by atoms with E-state index < -0.39 is 5.97 Å². The van der Waals surface area contributed by atoms with Gasteiger partial charge in [0, 0.05) is 18.0 Å². The topological polar surface area (TPSA) is 95.4 Å². The molecule has 0 aliphatic carbocycles. The molecule has 0 fully saturated rings. The van der Waals surface area contributed by atoms with Gasteiger partial charge in [-0.2, -0.15) is 4.52 Å². The number of hydrogen-bond acceptors (Lipinski definition) is 6. The number of nitrogens with zero attached hydrogens (tertiary/aromatic N) is 4. The molecule has 100 valence electrons. The van der Waals surface area contributed by atoms with Gasteiger partial charge in [-0.3, -0.25) is 4.98 Å². The molecule has 3 aromatic rings. The first-order valence-electron chi connectivity index (χ1n) is 5.84. The number of nitrogen functional groups attached to an aromatic ring is 1. The molecule has 7 nitrogen and oxygen atoms in total. The molecular formula is C13H11N5O2. The van der Waals surface area contributed by atoms with Gasteiger partial charge in [0.2, 0.25) is 0 Å². The van der Waals surface area contributed by atoms with Gasteiger partial charge >= 0.3 is 5.97 Å². The third-order valence-electron chi connectivity index (χ3n) is 2.81. The lowest BCUT2D eigenvalue weighted by Gasteiger charge is -2.01. The van der Waals surface area contributed by atoms with Crippen LogP contribution in [0, 0.1) is 0 Å². The third kappa shape index (κ3) is 1.95. The third-order valence-corrected chi connectivity index (χ3v) is 2.81. The fourth-order valence-corrected chi connectivity index (χ4v) is 1.86. The Kier molecular flexibility index (Phi) is 2.79. The minimum absolute atomic E-state index is 0.311. The van der Waals surface area contributed by atoms with Crippen LogP contribution in [0.1, 0.15) is 10.4 Å². The van der Waals surface area contributed by atoms with Crippen LogP contribution in [-0.4, -0.2) is 32.7 Å². The molecule has 0 bridgehead atoms. The van der Waals surface area contributed by atoms with Crippen LogP contribution in [0.4, 0.5) is 5.82 Å². The molecule has 3 heterocycles. The number of pyridine rings is 2. The number of fused-ring (bicyclic) bond motifs is 1. The minimum Gasteiger partial charge on any atom is -0.465 e. The SMILES string of the molecule is COC(=O)c1cc(N)n2nc(-c3cccnc3)nc2c1. The number of esters is 1. The van der Waals surface area contributed by atoms with Gasteiger partial charge < -0.3 is 10.5 Å². The summed E-state index contributed by atoms with van der Waals surface area (Å²) in [6, 6.07) is 6.72. The molecule has 0 radical (unpaired) electrons. The number of ether oxygens (including phenoxy) is 1. The highest BCUT2D eigenvalue weighted by Gasteiger charge is 2.13. The Morgan fingerprint density at radius 2 is 2.25 bits per heavy atom. The lowest BCUT2D eigenvalue weighted by molar-refractivity contribution is 0.0601. The average molecular weight is 269 g/mol. The average Bonchev–Trinajstić information content (AvgIpc) is 2.92. The maximum absolute atomic E-state index is 11.5. The first-order chi connectivity index (χ1) is 9.69. The molecule has 0 saturated heterocycles. The quantitative estimate of drug-likeness (QED) is 0.701. The van der Waals surface area contributed by atoms with Crippen molar-refractivity contribution in [3.8, 4) is 11.4 Å². The summed E-state index contributed by atoms with van der Waals surface area (Å²) < 4.78 is 6.14. The van der Waals surface area contributed by atoms with Crippen molar-refractivity contribution >= 4 is 17.4 Å². The van der Waals surface area contributed by atoms with Crippen LogP contribution in [0.3, 0.4) is 0 Å². The fraction of sp³-hybridized carbons (Fsp3) is 0.0769. The summed E-state index contributed by atoms with van der Waals surface area (Å²) in [5, 5.41) is 4.30. The molecule has 20 heavy (non-hydrogen) atoms. The molecule has 2 N–H and O–H groups in total. The highest BCUT2D eigenvalue weighted by atomic mass is 16.5. The number of rotatable bonds is 2. The van der Waals surface area contributed by atoms with Crippen LogP contribution < -0.4 is 5.73 Å². The highest BCUT2D eigenvalue weighted by Crippen LogP contribution is 2.18. The van der Waals surface area contributed by atoms with Crippen molar-refractivity contribution in [2.24, 2.45) is 0 Å². The van der Waals surface area contributed by atoms with Crippen molar-refractivity contribution in [3.05, 3.63) is 42.2 Å². The number of nitrogens with two attached hydrogens (primary N) is 1. The number of aromatic nitrogens is 4. The van der Waals surface area contributed by atoms with Crippen LogP contribution in [0.25, 0.3) is 17.0 Å². The Morgan fingerprint density at radius 1 is 1.40 bits per heavy atom. The van der Waals surface area contributed by atoms with Crippen LogP contribution in [0.15, 0.2) is 36.7 Å². The van der Waals surface area contributed by atoms with E-state index in [9.17, 15) is 4.79 Å². The molecule has 0 saturated carbocycles. The van der Waals surface area contributed by atoms with E-state index in [-0.39, 0.29) is 0 Å². The number of carbonyl (C=O) groups excluding carboxylic acids is 1. The van der Waals surface area contributed by atoms with Crippen molar-refractivity contribution in [2.45, 2.75) is 0 Å². The Bertz CT molecular complexity index is 782. The maximum Gasteiger partial charge on any atom is 0.338 e. The Balaban J connectivity index is 2.16. The summed E-state index contributed by atoms with van der Waals surface area (Å²) in [6.45, 7) is 0. The zero-order valence-electron chi connectivity index (χ0n) is 10.6. The van der Waals surface area contributed by atoms with Crippen LogP contribution in [0.5, 0.6) is 0 Å². The summed E-state index contributed by atoms with van der Waals surface area (Å²) >= 11 is 0. The van der Waals surface area contributed by atoms with Crippen LogP contribution >= 0.6 is 0 Å². The lowest BCUT2D eigenvalue weighted by Crippen LogP contribution is -2.06. The summed E-state index contributed by atoms with van der Waals surface area (Å²) in [6.07, 6.45) is 3.33. The molecule has 0 spiro atoms. The van der Waals surface area contributed by atoms with Crippen molar-refractivity contribution in [1.82, 2.24) is 19.6 Å². The number of carbonyl (C=O) groups is 1. The van der Waals surface area contributed by atoms with Crippen LogP contribution in [-0.2, 0) is 4.74 Å². The van der Waals surface area contributed by atoms with Gasteiger partial charge in [0.15, 0.2) is 11.5 Å². The molecule has 3 rings (SSSR count). The predicted octanol–water partition coefficient (Wildman–Crippen LogP) is 1.16. The van der Waals surface area contributed by atoms with E-state index in [2.05, 4.69) is 19.8 Å². The lowest BCUT2D eigenvalue weighted by atomic mass is 10.2. The van der Waals surface area contributed by atoms with E-state index >= 15 is 0 Å². The Hall–Kier alpha value is -2.96. The van der Waals surface area contributed by atoms with Gasteiger partial charge in [-0.25, -0.2) is 9.78 Å². The molecule has 0 aliphatic heterocycles. The normalized spacial score (nSPS) is 10.7. The van der Waals surface area contributed by atoms with Gasteiger partial charge in [0.05, 0.1) is 12.7 Å². The standard InChI is InChI=1S/C13H11N5O2/c1-20-13(19)9-5-10(14)18-11(6-9)16-12(17-18)8-3-2-4-15-7-8/h2-7H,14H2,1H3. The molecule has 0 aromatic carbocycles. The Labute approximate surface area is 114 Å². The first kappa shape index (κ1) is 12.1. The molecular weight excluding hydrogens is 258 g/mol. The summed E-state index contributed by atoms with van der Waals surface area (Å²) in [7, 11) is 1.31. The molecule has 7 heteroatoms. The fourth-order valence-electron chi connectivity index (χ4n) is 1.86. The molecule has 0 atom stereocenters. The number of anilines is 1. The van der Waals surface area contributed by atoms with Crippen molar-refractivity contribution in [2.75, 3.05) is 12.8 Å². The second-order valence-corrected chi connectivity index (χ2v) is 4.11. The van der Waals surface area contributed by atoms with Gasteiger partial charge in [0.1, 0.15) is 5.82 Å². The van der Waals surface area contributed by atoms with E-state index in [1.807, 2.05) is 6.07 Å². The van der Waals surface area contributed by atoms with E-state index in [1.54, 1.807) is 24.5 Å². The summed E-state index contributed by atoms with van der Waals surface area (Å²) in [4.78, 5) is 19.9. The summed E-state index contributed by atoms with van der Waals surface area (Å²) in [5.41, 5.74) is 7.46. The number of hydrogen-bond donors (Lipinski definition) is 1.